The molecular formula is C21H25BrN2O3. The molecule has 2 aromatic rings. The molecule has 0 atom stereocenters. The third-order valence-electron chi connectivity index (χ3n) is 3.87. The van der Waals surface area contributed by atoms with Crippen molar-refractivity contribution in [2.45, 2.75) is 33.6 Å². The fourth-order valence-corrected chi connectivity index (χ4v) is 2.78. The quantitative estimate of drug-likeness (QED) is 0.580. The first kappa shape index (κ1) is 21.0. The molecule has 2 aromatic carbocycles. The first-order valence-electron chi connectivity index (χ1n) is 9.02. The molecule has 0 spiro atoms. The van der Waals surface area contributed by atoms with Gasteiger partial charge in [0.25, 0.3) is 5.91 Å². The Hall–Kier alpha value is -2.34. The second-order valence-electron chi connectivity index (χ2n) is 6.61. The van der Waals surface area contributed by atoms with Crippen LogP contribution in [0.1, 0.15) is 44.0 Å². The van der Waals surface area contributed by atoms with Crippen molar-refractivity contribution >= 4 is 39.1 Å². The maximum Gasteiger partial charge on any atom is 0.255 e. The number of hydrogen-bond acceptors (Lipinski definition) is 3. The Bertz CT molecular complexity index is 806. The summed E-state index contributed by atoms with van der Waals surface area (Å²) >= 11 is 3.46. The van der Waals surface area contributed by atoms with E-state index in [9.17, 15) is 9.59 Å². The predicted molar refractivity (Wildman–Crippen MR) is 112 cm³/mol. The minimum absolute atomic E-state index is 0.0736. The summed E-state index contributed by atoms with van der Waals surface area (Å²) in [6, 6.07) is 12.3. The summed E-state index contributed by atoms with van der Waals surface area (Å²) in [5, 5.41) is 5.62. The van der Waals surface area contributed by atoms with Crippen LogP contribution in [0.3, 0.4) is 0 Å². The number of carbonyl (C=O) groups is 2. The average Bonchev–Trinajstić information content (AvgIpc) is 2.62. The van der Waals surface area contributed by atoms with Crippen molar-refractivity contribution < 1.29 is 14.3 Å². The molecule has 0 aromatic heterocycles. The molecule has 6 heteroatoms. The summed E-state index contributed by atoms with van der Waals surface area (Å²) in [7, 11) is 0. The highest BCUT2D eigenvalue weighted by molar-refractivity contribution is 9.10. The largest absolute Gasteiger partial charge is 0.492 e. The van der Waals surface area contributed by atoms with E-state index in [1.807, 2.05) is 0 Å². The highest BCUT2D eigenvalue weighted by Crippen LogP contribution is 2.27. The Labute approximate surface area is 168 Å². The van der Waals surface area contributed by atoms with Gasteiger partial charge in [-0.25, -0.2) is 0 Å². The van der Waals surface area contributed by atoms with Gasteiger partial charge in [0.1, 0.15) is 5.75 Å². The average molecular weight is 433 g/mol. The highest BCUT2D eigenvalue weighted by Gasteiger charge is 2.10. The number of halogens is 1. The van der Waals surface area contributed by atoms with Gasteiger partial charge >= 0.3 is 0 Å². The van der Waals surface area contributed by atoms with Crippen molar-refractivity contribution in [2.75, 3.05) is 17.2 Å². The standard InChI is InChI=1S/C21H25BrN2O3/c1-4-20(25)23-16-6-5-7-17(13-16)24-21(26)15-8-9-19(18(22)12-15)27-11-10-14(2)3/h5-9,12-14H,4,10-11H2,1-3H3,(H,23,25)(H,24,26). The molecule has 0 aliphatic rings. The Kier molecular flexibility index (Phi) is 7.85. The summed E-state index contributed by atoms with van der Waals surface area (Å²) in [5.41, 5.74) is 1.78. The van der Waals surface area contributed by atoms with Crippen LogP contribution in [-0.4, -0.2) is 18.4 Å². The molecule has 0 radical (unpaired) electrons. The maximum absolute atomic E-state index is 12.5. The lowest BCUT2D eigenvalue weighted by atomic mass is 10.1. The van der Waals surface area contributed by atoms with E-state index in [4.69, 9.17) is 4.74 Å². The number of amides is 2. The smallest absolute Gasteiger partial charge is 0.255 e. The molecule has 5 nitrogen and oxygen atoms in total. The van der Waals surface area contributed by atoms with Crippen LogP contribution in [0, 0.1) is 5.92 Å². The number of ether oxygens (including phenoxy) is 1. The van der Waals surface area contributed by atoms with E-state index in [-0.39, 0.29) is 11.8 Å². The Balaban J connectivity index is 2.02. The molecule has 27 heavy (non-hydrogen) atoms. The van der Waals surface area contributed by atoms with Crippen LogP contribution >= 0.6 is 15.9 Å². The third kappa shape index (κ3) is 6.71. The SMILES string of the molecule is CCC(=O)Nc1cccc(NC(=O)c2ccc(OCCC(C)C)c(Br)c2)c1. The van der Waals surface area contributed by atoms with Crippen LogP contribution in [-0.2, 0) is 4.79 Å². The predicted octanol–water partition coefficient (Wildman–Crippen LogP) is 5.47. The van der Waals surface area contributed by atoms with Gasteiger partial charge in [0, 0.05) is 23.4 Å². The van der Waals surface area contributed by atoms with Gasteiger partial charge in [0.2, 0.25) is 5.91 Å². The Morgan fingerprint density at radius 3 is 2.41 bits per heavy atom. The normalized spacial score (nSPS) is 10.6. The minimum Gasteiger partial charge on any atom is -0.492 e. The molecule has 144 valence electrons. The highest BCUT2D eigenvalue weighted by atomic mass is 79.9. The zero-order valence-corrected chi connectivity index (χ0v) is 17.4. The molecule has 0 aliphatic heterocycles. The lowest BCUT2D eigenvalue weighted by Gasteiger charge is -2.12. The molecule has 2 rings (SSSR count). The van der Waals surface area contributed by atoms with E-state index < -0.39 is 0 Å². The maximum atomic E-state index is 12.5. The Morgan fingerprint density at radius 2 is 1.78 bits per heavy atom. The molecule has 0 saturated carbocycles. The molecular weight excluding hydrogens is 408 g/mol. The summed E-state index contributed by atoms with van der Waals surface area (Å²) in [6.45, 7) is 6.72. The second kappa shape index (κ2) is 10.1. The monoisotopic (exact) mass is 432 g/mol. The van der Waals surface area contributed by atoms with Gasteiger partial charge in [-0.3, -0.25) is 9.59 Å². The van der Waals surface area contributed by atoms with Gasteiger partial charge in [0.05, 0.1) is 11.1 Å². The van der Waals surface area contributed by atoms with Gasteiger partial charge in [-0.2, -0.15) is 0 Å². The van der Waals surface area contributed by atoms with Crippen molar-refractivity contribution in [3.63, 3.8) is 0 Å². The van der Waals surface area contributed by atoms with E-state index >= 15 is 0 Å². The lowest BCUT2D eigenvalue weighted by molar-refractivity contribution is -0.115. The number of carbonyl (C=O) groups excluding carboxylic acids is 2. The lowest BCUT2D eigenvalue weighted by Crippen LogP contribution is -2.13. The molecule has 0 saturated heterocycles. The minimum atomic E-state index is -0.233. The van der Waals surface area contributed by atoms with Crippen LogP contribution in [0.2, 0.25) is 0 Å². The number of anilines is 2. The van der Waals surface area contributed by atoms with Crippen molar-refractivity contribution in [3.8, 4) is 5.75 Å². The molecule has 0 fully saturated rings. The van der Waals surface area contributed by atoms with E-state index in [1.54, 1.807) is 49.4 Å². The molecule has 2 amide bonds. The van der Waals surface area contributed by atoms with Crippen molar-refractivity contribution in [2.24, 2.45) is 5.92 Å². The van der Waals surface area contributed by atoms with Gasteiger partial charge < -0.3 is 15.4 Å². The van der Waals surface area contributed by atoms with Crippen LogP contribution < -0.4 is 15.4 Å². The topological polar surface area (TPSA) is 67.4 Å². The fourth-order valence-electron chi connectivity index (χ4n) is 2.29. The van der Waals surface area contributed by atoms with Gasteiger partial charge in [-0.05, 0) is 64.7 Å². The van der Waals surface area contributed by atoms with Crippen molar-refractivity contribution in [3.05, 3.63) is 52.5 Å². The number of rotatable bonds is 8. The van der Waals surface area contributed by atoms with E-state index in [1.165, 1.54) is 0 Å². The molecule has 2 N–H and O–H groups in total. The van der Waals surface area contributed by atoms with Crippen LogP contribution in [0.25, 0.3) is 0 Å². The van der Waals surface area contributed by atoms with Gasteiger partial charge in [-0.1, -0.05) is 26.8 Å². The number of benzene rings is 2. The summed E-state index contributed by atoms with van der Waals surface area (Å²) in [4.78, 5) is 24.0. The van der Waals surface area contributed by atoms with Crippen molar-refractivity contribution in [1.82, 2.24) is 0 Å². The Morgan fingerprint density at radius 1 is 1.07 bits per heavy atom. The van der Waals surface area contributed by atoms with Crippen LogP contribution in [0.15, 0.2) is 46.9 Å². The van der Waals surface area contributed by atoms with Crippen LogP contribution in [0.5, 0.6) is 5.75 Å². The summed E-state index contributed by atoms with van der Waals surface area (Å²) in [5.74, 6) is 0.988. The molecule has 0 aliphatic carbocycles. The molecule has 0 unspecified atom stereocenters. The zero-order valence-electron chi connectivity index (χ0n) is 15.8. The first-order valence-corrected chi connectivity index (χ1v) is 9.82. The van der Waals surface area contributed by atoms with E-state index in [0.717, 1.165) is 16.6 Å². The van der Waals surface area contributed by atoms with Crippen molar-refractivity contribution in [1.29, 1.82) is 0 Å². The molecule has 0 heterocycles. The zero-order chi connectivity index (χ0) is 19.8. The van der Waals surface area contributed by atoms with E-state index in [2.05, 4.69) is 40.4 Å². The van der Waals surface area contributed by atoms with Gasteiger partial charge in [-0.15, -0.1) is 0 Å². The van der Waals surface area contributed by atoms with E-state index in [0.29, 0.717) is 35.9 Å². The number of nitrogens with one attached hydrogen (secondary N) is 2. The summed E-state index contributed by atoms with van der Waals surface area (Å²) in [6.07, 6.45) is 1.37. The summed E-state index contributed by atoms with van der Waals surface area (Å²) < 4.78 is 6.48. The number of hydrogen-bond donors (Lipinski definition) is 2. The third-order valence-corrected chi connectivity index (χ3v) is 4.49. The molecule has 0 bridgehead atoms. The fraction of sp³-hybridized carbons (Fsp3) is 0.333. The van der Waals surface area contributed by atoms with Crippen LogP contribution in [0.4, 0.5) is 11.4 Å². The second-order valence-corrected chi connectivity index (χ2v) is 7.47. The van der Waals surface area contributed by atoms with Gasteiger partial charge in [0.15, 0.2) is 0 Å². The first-order chi connectivity index (χ1) is 12.9.